The number of carbonyl (C=O) groups is 2. The number of hydrogen-bond acceptors (Lipinski definition) is 6. The SMILES string of the molecule is O=C(Cc1cc[nH]c1-c1cc(-c2ccccc2)cs1)C(=O)c1nn[nH]n1. The van der Waals surface area contributed by atoms with Crippen molar-refractivity contribution in [2.75, 3.05) is 0 Å². The minimum atomic E-state index is -0.748. The highest BCUT2D eigenvalue weighted by atomic mass is 32.1. The first kappa shape index (κ1) is 16.1. The van der Waals surface area contributed by atoms with Crippen LogP contribution < -0.4 is 0 Å². The predicted molar refractivity (Wildman–Crippen MR) is 96.8 cm³/mol. The fourth-order valence-corrected chi connectivity index (χ4v) is 3.62. The highest BCUT2D eigenvalue weighted by Crippen LogP contribution is 2.33. The Hall–Kier alpha value is -3.39. The zero-order valence-electron chi connectivity index (χ0n) is 13.5. The molecule has 0 radical (unpaired) electrons. The number of rotatable bonds is 6. The first-order valence-corrected chi connectivity index (χ1v) is 8.72. The van der Waals surface area contributed by atoms with Gasteiger partial charge < -0.3 is 4.98 Å². The summed E-state index contributed by atoms with van der Waals surface area (Å²) in [7, 11) is 0. The number of carbonyl (C=O) groups excluding carboxylic acids is 2. The molecule has 7 nitrogen and oxygen atoms in total. The molecule has 0 fully saturated rings. The summed E-state index contributed by atoms with van der Waals surface area (Å²) in [5.41, 5.74) is 3.84. The average molecular weight is 363 g/mol. The van der Waals surface area contributed by atoms with Crippen molar-refractivity contribution in [3.63, 3.8) is 0 Å². The van der Waals surface area contributed by atoms with E-state index < -0.39 is 11.6 Å². The molecule has 0 saturated carbocycles. The quantitative estimate of drug-likeness (QED) is 0.405. The standard InChI is InChI=1S/C18H13N5O2S/c24-14(17(25)18-20-22-23-21-18)8-12-6-7-19-16(12)15-9-13(10-26-15)11-4-2-1-3-5-11/h1-7,9-10,19H,8H2,(H,20,21,22,23). The Morgan fingerprint density at radius 1 is 1.08 bits per heavy atom. The van der Waals surface area contributed by atoms with Gasteiger partial charge in [-0.1, -0.05) is 30.3 Å². The highest BCUT2D eigenvalue weighted by molar-refractivity contribution is 7.14. The van der Waals surface area contributed by atoms with Gasteiger partial charge in [0.15, 0.2) is 0 Å². The second-order valence-electron chi connectivity index (χ2n) is 5.61. The number of aromatic amines is 2. The summed E-state index contributed by atoms with van der Waals surface area (Å²) in [6.45, 7) is 0. The molecule has 0 atom stereocenters. The number of tetrazole rings is 1. The van der Waals surface area contributed by atoms with E-state index in [1.54, 1.807) is 23.6 Å². The Labute approximate surface area is 152 Å². The number of hydrogen-bond donors (Lipinski definition) is 2. The monoisotopic (exact) mass is 363 g/mol. The third-order valence-corrected chi connectivity index (χ3v) is 4.89. The number of aromatic nitrogens is 5. The molecule has 2 N–H and O–H groups in total. The van der Waals surface area contributed by atoms with E-state index in [0.29, 0.717) is 0 Å². The van der Waals surface area contributed by atoms with Gasteiger partial charge in [0, 0.05) is 12.6 Å². The number of benzene rings is 1. The Morgan fingerprint density at radius 3 is 2.69 bits per heavy atom. The molecule has 26 heavy (non-hydrogen) atoms. The summed E-state index contributed by atoms with van der Waals surface area (Å²) in [5.74, 6) is -1.54. The normalized spacial score (nSPS) is 10.8. The van der Waals surface area contributed by atoms with Crippen LogP contribution in [0.1, 0.15) is 16.2 Å². The topological polar surface area (TPSA) is 104 Å². The van der Waals surface area contributed by atoms with Gasteiger partial charge in [-0.25, -0.2) is 0 Å². The zero-order valence-corrected chi connectivity index (χ0v) is 14.3. The van der Waals surface area contributed by atoms with Gasteiger partial charge in [-0.05, 0) is 39.4 Å². The van der Waals surface area contributed by atoms with Crippen LogP contribution in [0.2, 0.25) is 0 Å². The lowest BCUT2D eigenvalue weighted by molar-refractivity contribution is -0.114. The number of thiophene rings is 1. The van der Waals surface area contributed by atoms with Crippen LogP contribution in [0.5, 0.6) is 0 Å². The fraction of sp³-hybridized carbons (Fsp3) is 0.0556. The number of nitrogens with one attached hydrogen (secondary N) is 2. The molecule has 0 aliphatic rings. The molecule has 3 heterocycles. The predicted octanol–water partition coefficient (Wildman–Crippen LogP) is 2.92. The van der Waals surface area contributed by atoms with Gasteiger partial charge in [-0.2, -0.15) is 5.21 Å². The number of ketones is 2. The van der Waals surface area contributed by atoms with Crippen LogP contribution in [0.25, 0.3) is 21.7 Å². The van der Waals surface area contributed by atoms with E-state index in [0.717, 1.165) is 27.3 Å². The minimum Gasteiger partial charge on any atom is -0.360 e. The molecular formula is C18H13N5O2S. The van der Waals surface area contributed by atoms with Gasteiger partial charge in [-0.15, -0.1) is 21.5 Å². The Balaban J connectivity index is 1.57. The molecule has 8 heteroatoms. The number of H-pyrrole nitrogens is 2. The summed E-state index contributed by atoms with van der Waals surface area (Å²) in [6, 6.07) is 13.9. The molecule has 4 rings (SSSR count). The first-order valence-electron chi connectivity index (χ1n) is 7.84. The molecule has 1 aromatic carbocycles. The van der Waals surface area contributed by atoms with E-state index in [-0.39, 0.29) is 12.2 Å². The van der Waals surface area contributed by atoms with Crippen molar-refractivity contribution in [1.29, 1.82) is 0 Å². The lowest BCUT2D eigenvalue weighted by atomic mass is 10.0. The van der Waals surface area contributed by atoms with E-state index in [4.69, 9.17) is 0 Å². The minimum absolute atomic E-state index is 0.0230. The second kappa shape index (κ2) is 6.85. The lowest BCUT2D eigenvalue weighted by Crippen LogP contribution is -2.18. The maximum absolute atomic E-state index is 12.2. The van der Waals surface area contributed by atoms with Crippen molar-refractivity contribution in [1.82, 2.24) is 25.6 Å². The summed E-state index contributed by atoms with van der Waals surface area (Å²) in [4.78, 5) is 28.4. The molecule has 128 valence electrons. The molecule has 0 spiro atoms. The zero-order chi connectivity index (χ0) is 17.9. The molecule has 4 aromatic rings. The second-order valence-corrected chi connectivity index (χ2v) is 6.52. The fourth-order valence-electron chi connectivity index (χ4n) is 2.66. The Kier molecular flexibility index (Phi) is 4.24. The first-order chi connectivity index (χ1) is 12.7. The number of Topliss-reactive ketones (excluding diaryl/α,β-unsaturated/α-hetero) is 2. The van der Waals surface area contributed by atoms with Gasteiger partial charge in [-0.3, -0.25) is 9.59 Å². The maximum Gasteiger partial charge on any atom is 0.269 e. The molecule has 0 amide bonds. The van der Waals surface area contributed by atoms with Crippen LogP contribution in [-0.4, -0.2) is 37.2 Å². The van der Waals surface area contributed by atoms with Gasteiger partial charge >= 0.3 is 0 Å². The van der Waals surface area contributed by atoms with Gasteiger partial charge in [0.25, 0.3) is 5.78 Å². The summed E-state index contributed by atoms with van der Waals surface area (Å²) >= 11 is 1.58. The van der Waals surface area contributed by atoms with Crippen LogP contribution >= 0.6 is 11.3 Å². The Bertz CT molecular complexity index is 1050. The van der Waals surface area contributed by atoms with Gasteiger partial charge in [0.1, 0.15) is 0 Å². The lowest BCUT2D eigenvalue weighted by Gasteiger charge is -2.01. The van der Waals surface area contributed by atoms with Crippen LogP contribution in [0.3, 0.4) is 0 Å². The van der Waals surface area contributed by atoms with Gasteiger partial charge in [0.05, 0.1) is 10.6 Å². The third-order valence-electron chi connectivity index (χ3n) is 3.94. The van der Waals surface area contributed by atoms with E-state index in [2.05, 4.69) is 49.2 Å². The smallest absolute Gasteiger partial charge is 0.269 e. The molecule has 3 aromatic heterocycles. The maximum atomic E-state index is 12.2. The third kappa shape index (κ3) is 3.09. The van der Waals surface area contributed by atoms with Crippen LogP contribution in [0, 0.1) is 0 Å². The molecule has 0 bridgehead atoms. The van der Waals surface area contributed by atoms with Crippen LogP contribution in [-0.2, 0) is 11.2 Å². The van der Waals surface area contributed by atoms with E-state index in [1.807, 2.05) is 18.2 Å². The number of nitrogens with zero attached hydrogens (tertiary/aromatic N) is 3. The van der Waals surface area contributed by atoms with E-state index in [1.165, 1.54) is 0 Å². The molecule has 0 saturated heterocycles. The largest absolute Gasteiger partial charge is 0.360 e. The van der Waals surface area contributed by atoms with Crippen molar-refractivity contribution in [3.05, 3.63) is 65.4 Å². The van der Waals surface area contributed by atoms with E-state index in [9.17, 15) is 9.59 Å². The van der Waals surface area contributed by atoms with E-state index >= 15 is 0 Å². The average Bonchev–Trinajstić information content (AvgIpc) is 3.42. The van der Waals surface area contributed by atoms with Crippen LogP contribution in [0.4, 0.5) is 0 Å². The molecule has 0 aliphatic carbocycles. The van der Waals surface area contributed by atoms with Crippen molar-refractivity contribution < 1.29 is 9.59 Å². The van der Waals surface area contributed by atoms with Gasteiger partial charge in [0.2, 0.25) is 11.6 Å². The molecule has 0 unspecified atom stereocenters. The Morgan fingerprint density at radius 2 is 1.92 bits per heavy atom. The summed E-state index contributed by atoms with van der Waals surface area (Å²) in [5, 5.41) is 14.7. The van der Waals surface area contributed by atoms with Crippen molar-refractivity contribution in [2.24, 2.45) is 0 Å². The highest BCUT2D eigenvalue weighted by Gasteiger charge is 2.22. The summed E-state index contributed by atoms with van der Waals surface area (Å²) in [6.07, 6.45) is 1.74. The van der Waals surface area contributed by atoms with Crippen molar-refractivity contribution >= 4 is 22.9 Å². The summed E-state index contributed by atoms with van der Waals surface area (Å²) < 4.78 is 0. The van der Waals surface area contributed by atoms with Crippen LogP contribution in [0.15, 0.2) is 54.0 Å². The van der Waals surface area contributed by atoms with Crippen molar-refractivity contribution in [3.8, 4) is 21.7 Å². The van der Waals surface area contributed by atoms with Crippen molar-refractivity contribution in [2.45, 2.75) is 6.42 Å². The molecule has 0 aliphatic heterocycles. The molecular weight excluding hydrogens is 350 g/mol.